The van der Waals surface area contributed by atoms with Crippen molar-refractivity contribution in [2.24, 2.45) is 0 Å². The van der Waals surface area contributed by atoms with E-state index in [0.29, 0.717) is 0 Å². The van der Waals surface area contributed by atoms with Crippen LogP contribution >= 0.6 is 0 Å². The van der Waals surface area contributed by atoms with Gasteiger partial charge in [0.05, 0.1) is 0 Å². The first-order valence-electron chi connectivity index (χ1n) is 1.82. The maximum atomic E-state index is 9.90. The van der Waals surface area contributed by atoms with Gasteiger partial charge in [-0.05, 0) is 13.8 Å². The molecule has 0 aromatic carbocycles. The van der Waals surface area contributed by atoms with Crippen molar-refractivity contribution in [2.75, 3.05) is 0 Å². The third-order valence-corrected chi connectivity index (χ3v) is 0.348. The van der Waals surface area contributed by atoms with Gasteiger partial charge in [-0.1, -0.05) is 6.08 Å². The second-order valence-corrected chi connectivity index (χ2v) is 0.989. The van der Waals surface area contributed by atoms with Crippen LogP contribution in [0.5, 0.6) is 0 Å². The van der Waals surface area contributed by atoms with Crippen molar-refractivity contribution in [1.29, 1.82) is 0 Å². The summed E-state index contributed by atoms with van der Waals surface area (Å²) in [4.78, 5) is 9.90. The van der Waals surface area contributed by atoms with Crippen LogP contribution < -0.4 is 0 Å². The van der Waals surface area contributed by atoms with Crippen LogP contribution in [0.2, 0.25) is 0 Å². The number of hydrogen-bond acceptors (Lipinski definition) is 1. The first-order chi connectivity index (χ1) is 2.77. The van der Waals surface area contributed by atoms with E-state index in [2.05, 4.69) is 6.08 Å². The Bertz CT molecular complexity index is 72.0. The van der Waals surface area contributed by atoms with Gasteiger partial charge in [-0.15, -0.1) is 0 Å². The minimum absolute atomic E-state index is 0.0162. The second kappa shape index (κ2) is 2.64. The zero-order valence-corrected chi connectivity index (χ0v) is 3.99. The van der Waals surface area contributed by atoms with E-state index >= 15 is 0 Å². The lowest BCUT2D eigenvalue weighted by Gasteiger charge is -1.66. The molecule has 33 valence electrons. The van der Waals surface area contributed by atoms with Crippen molar-refractivity contribution in [2.45, 2.75) is 13.8 Å². The number of carbonyl (C=O) groups excluding carboxylic acids is 1. The van der Waals surface area contributed by atoms with E-state index < -0.39 is 0 Å². The van der Waals surface area contributed by atoms with E-state index in [0.717, 1.165) is 0 Å². The molecule has 0 saturated heterocycles. The van der Waals surface area contributed by atoms with Gasteiger partial charge in [-0.2, -0.15) is 0 Å². The van der Waals surface area contributed by atoms with Crippen LogP contribution in [0.15, 0.2) is 6.08 Å². The van der Waals surface area contributed by atoms with Crippen LogP contribution in [-0.4, -0.2) is 5.78 Å². The summed E-state index contributed by atoms with van der Waals surface area (Å²) in [5.74, 6) is -0.0162. The van der Waals surface area contributed by atoms with Crippen LogP contribution in [0.1, 0.15) is 13.8 Å². The molecule has 0 saturated carbocycles. The standard InChI is InChI=1S/C5H7O/c1-3-4-5(2)6/h3H,1-2H3. The van der Waals surface area contributed by atoms with Gasteiger partial charge >= 0.3 is 0 Å². The molecule has 0 aliphatic rings. The molecule has 1 nitrogen and oxygen atoms in total. The van der Waals surface area contributed by atoms with Gasteiger partial charge in [-0.25, -0.2) is 0 Å². The number of carbonyl (C=O) groups is 1. The highest BCUT2D eigenvalue weighted by Gasteiger charge is 1.74. The molecule has 0 bridgehead atoms. The van der Waals surface area contributed by atoms with Crippen LogP contribution in [0.25, 0.3) is 0 Å². The first-order valence-corrected chi connectivity index (χ1v) is 1.82. The maximum Gasteiger partial charge on any atom is 0.160 e. The van der Waals surface area contributed by atoms with Crippen molar-refractivity contribution >= 4 is 5.78 Å². The van der Waals surface area contributed by atoms with Gasteiger partial charge in [0.2, 0.25) is 0 Å². The molecule has 0 N–H and O–H groups in total. The van der Waals surface area contributed by atoms with Gasteiger partial charge in [0.15, 0.2) is 5.78 Å². The van der Waals surface area contributed by atoms with E-state index in [-0.39, 0.29) is 5.78 Å². The molecule has 0 spiro atoms. The summed E-state index contributed by atoms with van der Waals surface area (Å²) >= 11 is 0. The lowest BCUT2D eigenvalue weighted by molar-refractivity contribution is -0.113. The Balaban J connectivity index is 3.30. The zero-order chi connectivity index (χ0) is 4.99. The third-order valence-electron chi connectivity index (χ3n) is 0.348. The van der Waals surface area contributed by atoms with Crippen LogP contribution in [0.3, 0.4) is 0 Å². The first kappa shape index (κ1) is 5.41. The number of hydrogen-bond donors (Lipinski definition) is 0. The van der Waals surface area contributed by atoms with Crippen LogP contribution in [-0.2, 0) is 4.79 Å². The molecule has 1 radical (unpaired) electrons. The molecule has 0 fully saturated rings. The summed E-state index contributed by atoms with van der Waals surface area (Å²) in [5.41, 5.74) is 0. The fraction of sp³-hybridized carbons (Fsp3) is 0.400. The van der Waals surface area contributed by atoms with Gasteiger partial charge in [-0.3, -0.25) is 4.79 Å². The maximum absolute atomic E-state index is 9.90. The van der Waals surface area contributed by atoms with E-state index in [1.54, 1.807) is 13.0 Å². The van der Waals surface area contributed by atoms with Crippen molar-refractivity contribution in [3.05, 3.63) is 12.2 Å². The number of ketones is 1. The summed E-state index contributed by atoms with van der Waals surface area (Å²) in [6.07, 6.45) is 4.04. The molecule has 0 rings (SSSR count). The predicted molar refractivity (Wildman–Crippen MR) is 24.2 cm³/mol. The zero-order valence-electron chi connectivity index (χ0n) is 3.99. The molecule has 0 aromatic rings. The summed E-state index contributed by atoms with van der Waals surface area (Å²) in [7, 11) is 0. The molecule has 0 atom stereocenters. The highest BCUT2D eigenvalue weighted by atomic mass is 16.1. The Labute approximate surface area is 37.7 Å². The average molecular weight is 83.1 g/mol. The van der Waals surface area contributed by atoms with E-state index in [4.69, 9.17) is 0 Å². The molecule has 6 heavy (non-hydrogen) atoms. The third kappa shape index (κ3) is 3.41. The Morgan fingerprint density at radius 1 is 1.83 bits per heavy atom. The molecular weight excluding hydrogens is 76.1 g/mol. The Kier molecular flexibility index (Phi) is 2.38. The Morgan fingerprint density at radius 3 is 2.33 bits per heavy atom. The van der Waals surface area contributed by atoms with Crippen molar-refractivity contribution in [3.63, 3.8) is 0 Å². The SMILES string of the molecule is CC=[C]C(C)=O. The van der Waals surface area contributed by atoms with Gasteiger partial charge in [0, 0.05) is 6.08 Å². The van der Waals surface area contributed by atoms with Gasteiger partial charge < -0.3 is 0 Å². The summed E-state index contributed by atoms with van der Waals surface area (Å²) in [5, 5.41) is 0. The summed E-state index contributed by atoms with van der Waals surface area (Å²) in [6.45, 7) is 3.24. The Hall–Kier alpha value is -0.590. The van der Waals surface area contributed by atoms with Crippen molar-refractivity contribution in [1.82, 2.24) is 0 Å². The second-order valence-electron chi connectivity index (χ2n) is 0.989. The Morgan fingerprint density at radius 2 is 2.33 bits per heavy atom. The molecule has 0 unspecified atom stereocenters. The fourth-order valence-electron chi connectivity index (χ4n) is 0.203. The molecule has 0 heterocycles. The van der Waals surface area contributed by atoms with Crippen LogP contribution in [0, 0.1) is 6.08 Å². The van der Waals surface area contributed by atoms with E-state index in [1.165, 1.54) is 6.92 Å². The number of rotatable bonds is 1. The van der Waals surface area contributed by atoms with Gasteiger partial charge in [0.1, 0.15) is 0 Å². The monoisotopic (exact) mass is 83.0 g/mol. The minimum atomic E-state index is -0.0162. The van der Waals surface area contributed by atoms with Crippen LogP contribution in [0.4, 0.5) is 0 Å². The highest BCUT2D eigenvalue weighted by molar-refractivity contribution is 5.82. The van der Waals surface area contributed by atoms with Crippen molar-refractivity contribution in [3.8, 4) is 0 Å². The summed E-state index contributed by atoms with van der Waals surface area (Å²) < 4.78 is 0. The van der Waals surface area contributed by atoms with E-state index in [9.17, 15) is 4.79 Å². The molecule has 0 aromatic heterocycles. The molecule has 1 heteroatoms. The lowest BCUT2D eigenvalue weighted by Crippen LogP contribution is -1.77. The quantitative estimate of drug-likeness (QED) is 0.431. The van der Waals surface area contributed by atoms with Gasteiger partial charge in [0.25, 0.3) is 0 Å². The topological polar surface area (TPSA) is 17.1 Å². The minimum Gasteiger partial charge on any atom is -0.294 e. The largest absolute Gasteiger partial charge is 0.294 e. The highest BCUT2D eigenvalue weighted by Crippen LogP contribution is 1.67. The fourth-order valence-corrected chi connectivity index (χ4v) is 0.203. The summed E-state index contributed by atoms with van der Waals surface area (Å²) in [6, 6.07) is 0. The predicted octanol–water partition coefficient (Wildman–Crippen LogP) is 0.955. The van der Waals surface area contributed by atoms with Crippen molar-refractivity contribution < 1.29 is 4.79 Å². The molecule has 0 aliphatic heterocycles. The molecule has 0 aliphatic carbocycles. The smallest absolute Gasteiger partial charge is 0.160 e. The normalized spacial score (nSPS) is 9.67. The number of Topliss-reactive ketones (excluding diaryl/α,β-unsaturated/α-hetero) is 1. The number of allylic oxidation sites excluding steroid dienone is 2. The average Bonchev–Trinajstić information content (AvgIpc) is 1.35. The molecule has 0 amide bonds. The van der Waals surface area contributed by atoms with E-state index in [1.807, 2.05) is 0 Å². The molecular formula is C5H7O. The lowest BCUT2D eigenvalue weighted by atomic mass is 10.4.